The summed E-state index contributed by atoms with van der Waals surface area (Å²) in [5, 5.41) is 15.0. The summed E-state index contributed by atoms with van der Waals surface area (Å²) in [7, 11) is 0. The Bertz CT molecular complexity index is 611. The van der Waals surface area contributed by atoms with Gasteiger partial charge in [0.2, 0.25) is 0 Å². The average Bonchev–Trinajstić information content (AvgIpc) is 2.87. The largest absolute Gasteiger partial charge is 0.539 e. The number of benzene rings is 1. The van der Waals surface area contributed by atoms with Gasteiger partial charge in [0.05, 0.1) is 11.8 Å². The molecule has 3 rings (SSSR count). The minimum absolute atomic E-state index is 0.163. The molecular weight excluding hydrogens is 262 g/mol. The molecule has 0 saturated heterocycles. The molecule has 1 aromatic carbocycles. The number of hydrogen-bond acceptors (Lipinski definition) is 5. The Labute approximate surface area is 114 Å². The van der Waals surface area contributed by atoms with E-state index in [9.17, 15) is 9.90 Å². The van der Waals surface area contributed by atoms with Crippen molar-refractivity contribution in [3.63, 3.8) is 0 Å². The molecule has 0 radical (unpaired) electrons. The Hall–Kier alpha value is -2.57. The lowest BCUT2D eigenvalue weighted by Crippen LogP contribution is -2.52. The highest BCUT2D eigenvalue weighted by Crippen LogP contribution is 2.14. The molecule has 1 amide bonds. The number of fused-ring (bicyclic) bond motifs is 1. The summed E-state index contributed by atoms with van der Waals surface area (Å²) in [5.41, 5.74) is 1.29. The monoisotopic (exact) mass is 275 g/mol. The van der Waals surface area contributed by atoms with Gasteiger partial charge >= 0.3 is 6.09 Å². The molecular formula is C13H13N3O4. The molecule has 20 heavy (non-hydrogen) atoms. The number of amides is 1. The number of carbonyl (C=O) groups excluding carboxylic acids is 1. The molecule has 7 nitrogen and oxygen atoms in total. The van der Waals surface area contributed by atoms with Gasteiger partial charge in [-0.3, -0.25) is 4.90 Å². The van der Waals surface area contributed by atoms with Crippen LogP contribution in [0.15, 0.2) is 34.9 Å². The smallest absolute Gasteiger partial charge is 0.410 e. The number of ether oxygens (including phenoxy) is 1. The van der Waals surface area contributed by atoms with Gasteiger partial charge in [-0.05, 0) is 5.56 Å². The van der Waals surface area contributed by atoms with Crippen molar-refractivity contribution in [1.82, 2.24) is 10.2 Å². The summed E-state index contributed by atoms with van der Waals surface area (Å²) >= 11 is 0. The summed E-state index contributed by atoms with van der Waals surface area (Å²) in [6.45, 7) is 1.25. The van der Waals surface area contributed by atoms with E-state index in [1.807, 2.05) is 30.3 Å². The van der Waals surface area contributed by atoms with E-state index in [-0.39, 0.29) is 13.2 Å². The highest BCUT2D eigenvalue weighted by Gasteiger charge is 2.30. The number of aromatic nitrogens is 2. The first-order valence-electron chi connectivity index (χ1n) is 6.25. The first kappa shape index (κ1) is 12.5. The molecule has 7 heteroatoms. The maximum absolute atomic E-state index is 12.0. The summed E-state index contributed by atoms with van der Waals surface area (Å²) < 4.78 is 11.3. The van der Waals surface area contributed by atoms with Crippen LogP contribution < -0.4 is 9.79 Å². The van der Waals surface area contributed by atoms with Crippen LogP contribution in [0.1, 0.15) is 11.3 Å². The van der Waals surface area contributed by atoms with Crippen LogP contribution in [0.25, 0.3) is 0 Å². The van der Waals surface area contributed by atoms with E-state index in [0.717, 1.165) is 5.56 Å². The fourth-order valence-electron chi connectivity index (χ4n) is 2.06. The van der Waals surface area contributed by atoms with E-state index in [2.05, 4.69) is 9.79 Å². The predicted molar refractivity (Wildman–Crippen MR) is 63.2 cm³/mol. The average molecular weight is 275 g/mol. The van der Waals surface area contributed by atoms with Crippen LogP contribution in [0.5, 0.6) is 5.95 Å². The van der Waals surface area contributed by atoms with Gasteiger partial charge < -0.3 is 14.4 Å². The molecule has 1 aliphatic heterocycles. The SMILES string of the molecule is O=C(OCc1ccccc1)N1CC[n+]2noc([O-])c2C1. The van der Waals surface area contributed by atoms with Crippen molar-refractivity contribution >= 4 is 6.09 Å². The number of carbonyl (C=O) groups is 1. The van der Waals surface area contributed by atoms with E-state index in [0.29, 0.717) is 18.8 Å². The zero-order chi connectivity index (χ0) is 13.9. The second-order valence-corrected chi connectivity index (χ2v) is 4.49. The van der Waals surface area contributed by atoms with Gasteiger partial charge in [0.25, 0.3) is 5.69 Å². The van der Waals surface area contributed by atoms with Crippen LogP contribution in [-0.4, -0.2) is 22.8 Å². The van der Waals surface area contributed by atoms with Crippen molar-refractivity contribution in [1.29, 1.82) is 0 Å². The van der Waals surface area contributed by atoms with Crippen molar-refractivity contribution in [3.8, 4) is 5.95 Å². The standard InChI is InChI=1S/C13H13N3O4/c17-12-11-8-15(6-7-16(11)14-20-12)13(18)19-9-10-4-2-1-3-5-10/h1-5H,6-9H2. The van der Waals surface area contributed by atoms with Crippen LogP contribution in [0.2, 0.25) is 0 Å². The van der Waals surface area contributed by atoms with Gasteiger partial charge in [0.15, 0.2) is 12.5 Å². The summed E-state index contributed by atoms with van der Waals surface area (Å²) in [6, 6.07) is 9.43. The highest BCUT2D eigenvalue weighted by atomic mass is 16.6. The molecule has 2 aromatic rings. The zero-order valence-corrected chi connectivity index (χ0v) is 10.7. The van der Waals surface area contributed by atoms with Gasteiger partial charge in [-0.15, -0.1) is 0 Å². The van der Waals surface area contributed by atoms with Gasteiger partial charge in [-0.25, -0.2) is 4.79 Å². The lowest BCUT2D eigenvalue weighted by molar-refractivity contribution is -0.773. The lowest BCUT2D eigenvalue weighted by Gasteiger charge is -2.22. The van der Waals surface area contributed by atoms with Gasteiger partial charge in [-0.2, -0.15) is 0 Å². The molecule has 0 saturated carbocycles. The van der Waals surface area contributed by atoms with Gasteiger partial charge in [0, 0.05) is 0 Å². The molecule has 0 N–H and O–H groups in total. The Morgan fingerprint density at radius 1 is 1.45 bits per heavy atom. The molecule has 2 heterocycles. The topological polar surface area (TPSA) is 82.5 Å². The molecule has 0 aliphatic carbocycles. The van der Waals surface area contributed by atoms with Gasteiger partial charge in [-0.1, -0.05) is 35.0 Å². The molecule has 104 valence electrons. The van der Waals surface area contributed by atoms with Crippen LogP contribution in [-0.2, 0) is 24.4 Å². The third-order valence-electron chi connectivity index (χ3n) is 3.16. The zero-order valence-electron chi connectivity index (χ0n) is 10.7. The van der Waals surface area contributed by atoms with E-state index >= 15 is 0 Å². The van der Waals surface area contributed by atoms with Crippen molar-refractivity contribution in [2.24, 2.45) is 0 Å². The Balaban J connectivity index is 1.60. The number of rotatable bonds is 2. The first-order chi connectivity index (χ1) is 9.74. The predicted octanol–water partition coefficient (Wildman–Crippen LogP) is 0.188. The second kappa shape index (κ2) is 5.20. The molecule has 0 spiro atoms. The molecule has 1 aliphatic rings. The Morgan fingerprint density at radius 2 is 2.25 bits per heavy atom. The van der Waals surface area contributed by atoms with Crippen molar-refractivity contribution in [2.45, 2.75) is 19.7 Å². The minimum Gasteiger partial charge on any atom is -0.539 e. The third-order valence-corrected chi connectivity index (χ3v) is 3.16. The van der Waals surface area contributed by atoms with Gasteiger partial charge in [0.1, 0.15) is 13.2 Å². The van der Waals surface area contributed by atoms with Crippen LogP contribution in [0.4, 0.5) is 4.79 Å². The lowest BCUT2D eigenvalue weighted by atomic mass is 10.2. The normalized spacial score (nSPS) is 13.9. The summed E-state index contributed by atoms with van der Waals surface area (Å²) in [4.78, 5) is 13.4. The summed E-state index contributed by atoms with van der Waals surface area (Å²) in [6.07, 6.45) is -0.444. The van der Waals surface area contributed by atoms with E-state index in [1.54, 1.807) is 0 Å². The van der Waals surface area contributed by atoms with Crippen LogP contribution >= 0.6 is 0 Å². The Morgan fingerprint density at radius 3 is 3.05 bits per heavy atom. The molecule has 0 bridgehead atoms. The maximum atomic E-state index is 12.0. The quantitative estimate of drug-likeness (QED) is 0.731. The van der Waals surface area contributed by atoms with E-state index in [4.69, 9.17) is 4.74 Å². The van der Waals surface area contributed by atoms with Crippen LogP contribution in [0.3, 0.4) is 0 Å². The van der Waals surface area contributed by atoms with Crippen molar-refractivity contribution in [2.75, 3.05) is 6.54 Å². The first-order valence-corrected chi connectivity index (χ1v) is 6.25. The van der Waals surface area contributed by atoms with Crippen molar-refractivity contribution < 1.29 is 23.8 Å². The fourth-order valence-corrected chi connectivity index (χ4v) is 2.06. The number of hydrogen-bond donors (Lipinski definition) is 0. The molecule has 0 atom stereocenters. The maximum Gasteiger partial charge on any atom is 0.410 e. The minimum atomic E-state index is -0.509. The highest BCUT2D eigenvalue weighted by molar-refractivity contribution is 5.67. The fraction of sp³-hybridized carbons (Fsp3) is 0.308. The van der Waals surface area contributed by atoms with E-state index in [1.165, 1.54) is 9.58 Å². The number of nitrogens with zero attached hydrogens (tertiary/aromatic N) is 3. The molecule has 0 fully saturated rings. The van der Waals surface area contributed by atoms with Crippen LogP contribution in [0, 0.1) is 0 Å². The summed E-state index contributed by atoms with van der Waals surface area (Å²) in [5.74, 6) is -0.509. The second-order valence-electron chi connectivity index (χ2n) is 4.49. The third kappa shape index (κ3) is 2.42. The van der Waals surface area contributed by atoms with E-state index < -0.39 is 12.0 Å². The molecule has 0 unspecified atom stereocenters. The Kier molecular flexibility index (Phi) is 3.24. The van der Waals surface area contributed by atoms with Crippen molar-refractivity contribution in [3.05, 3.63) is 41.6 Å². The molecule has 1 aromatic heterocycles.